The van der Waals surface area contributed by atoms with E-state index >= 15 is 0 Å². The Morgan fingerprint density at radius 3 is 2.94 bits per heavy atom. The number of rotatable bonds is 3. The summed E-state index contributed by atoms with van der Waals surface area (Å²) in [5.74, 6) is -0.489. The number of nitrogens with two attached hydrogens (primary N) is 1. The maximum absolute atomic E-state index is 13.4. The van der Waals surface area contributed by atoms with Crippen LogP contribution in [0.3, 0.4) is 0 Å². The van der Waals surface area contributed by atoms with Crippen molar-refractivity contribution in [3.63, 3.8) is 0 Å². The van der Waals surface area contributed by atoms with Crippen molar-refractivity contribution in [2.75, 3.05) is 5.73 Å². The summed E-state index contributed by atoms with van der Waals surface area (Å²) >= 11 is 0. The minimum atomic E-state index is -0.510. The smallest absolute Gasteiger partial charge is 0.178 e. The van der Waals surface area contributed by atoms with Crippen LogP contribution in [0.2, 0.25) is 0 Å². The van der Waals surface area contributed by atoms with Gasteiger partial charge in [0.25, 0.3) is 0 Å². The molecule has 1 aromatic heterocycles. The summed E-state index contributed by atoms with van der Waals surface area (Å²) in [4.78, 5) is 3.83. The van der Waals surface area contributed by atoms with Gasteiger partial charge in [-0.3, -0.25) is 0 Å². The standard InChI is InChI=1S/C13H10FN3O/c14-11-2-1-3-12(16)13(11)18-8-9-4-5-17-10(6-9)7-15/h1-6H,8,16H2. The molecule has 0 unspecified atom stereocenters. The van der Waals surface area contributed by atoms with E-state index in [0.717, 1.165) is 5.56 Å². The van der Waals surface area contributed by atoms with Crippen molar-refractivity contribution in [1.82, 2.24) is 4.98 Å². The first-order valence-corrected chi connectivity index (χ1v) is 5.22. The SMILES string of the molecule is N#Cc1cc(COc2c(N)cccc2F)ccn1. The molecule has 2 N–H and O–H groups in total. The Morgan fingerprint density at radius 2 is 2.22 bits per heavy atom. The summed E-state index contributed by atoms with van der Waals surface area (Å²) in [6.45, 7) is 0.127. The topological polar surface area (TPSA) is 71.9 Å². The zero-order valence-electron chi connectivity index (χ0n) is 9.43. The molecule has 2 rings (SSSR count). The van der Waals surface area contributed by atoms with Crippen LogP contribution in [-0.4, -0.2) is 4.98 Å². The summed E-state index contributed by atoms with van der Waals surface area (Å²) in [6, 6.07) is 9.55. The summed E-state index contributed by atoms with van der Waals surface area (Å²) in [5.41, 5.74) is 6.87. The molecule has 0 aliphatic rings. The van der Waals surface area contributed by atoms with Gasteiger partial charge in [0.1, 0.15) is 18.4 Å². The molecule has 4 nitrogen and oxygen atoms in total. The second kappa shape index (κ2) is 5.15. The molecule has 90 valence electrons. The Hall–Kier alpha value is -2.61. The van der Waals surface area contributed by atoms with E-state index in [-0.39, 0.29) is 23.7 Å². The van der Waals surface area contributed by atoms with E-state index in [4.69, 9.17) is 15.7 Å². The van der Waals surface area contributed by atoms with E-state index in [1.807, 2.05) is 6.07 Å². The molecular formula is C13H10FN3O. The number of nitrogens with zero attached hydrogens (tertiary/aromatic N) is 2. The number of hydrogen-bond donors (Lipinski definition) is 1. The number of hydrogen-bond acceptors (Lipinski definition) is 4. The first-order chi connectivity index (χ1) is 8.70. The van der Waals surface area contributed by atoms with Crippen LogP contribution in [0.15, 0.2) is 36.5 Å². The van der Waals surface area contributed by atoms with Crippen molar-refractivity contribution >= 4 is 5.69 Å². The number of anilines is 1. The van der Waals surface area contributed by atoms with Gasteiger partial charge < -0.3 is 10.5 Å². The fourth-order valence-corrected chi connectivity index (χ4v) is 1.46. The highest BCUT2D eigenvalue weighted by Crippen LogP contribution is 2.25. The van der Waals surface area contributed by atoms with Gasteiger partial charge in [0.15, 0.2) is 11.6 Å². The van der Waals surface area contributed by atoms with Gasteiger partial charge in [0.05, 0.1) is 5.69 Å². The Labute approximate surface area is 103 Å². The minimum Gasteiger partial charge on any atom is -0.484 e. The summed E-state index contributed by atoms with van der Waals surface area (Å²) in [6.07, 6.45) is 1.50. The van der Waals surface area contributed by atoms with Gasteiger partial charge in [-0.1, -0.05) is 6.07 Å². The molecule has 18 heavy (non-hydrogen) atoms. The Balaban J connectivity index is 2.14. The van der Waals surface area contributed by atoms with Crippen LogP contribution in [0.1, 0.15) is 11.3 Å². The molecule has 0 atom stereocenters. The number of nitriles is 1. The zero-order valence-corrected chi connectivity index (χ0v) is 9.43. The molecule has 2 aromatic rings. The number of ether oxygens (including phenoxy) is 1. The highest BCUT2D eigenvalue weighted by Gasteiger charge is 2.07. The molecule has 1 heterocycles. The fraction of sp³-hybridized carbons (Fsp3) is 0.0769. The van der Waals surface area contributed by atoms with Crippen molar-refractivity contribution in [3.05, 3.63) is 53.6 Å². The number of halogens is 1. The Morgan fingerprint density at radius 1 is 1.39 bits per heavy atom. The maximum atomic E-state index is 13.4. The molecule has 0 amide bonds. The van der Waals surface area contributed by atoms with Crippen LogP contribution in [0.4, 0.5) is 10.1 Å². The number of aromatic nitrogens is 1. The van der Waals surface area contributed by atoms with Gasteiger partial charge in [-0.25, -0.2) is 9.37 Å². The van der Waals surface area contributed by atoms with Gasteiger partial charge in [-0.05, 0) is 29.8 Å². The zero-order chi connectivity index (χ0) is 13.0. The number of pyridine rings is 1. The average Bonchev–Trinajstić information content (AvgIpc) is 2.38. The fourth-order valence-electron chi connectivity index (χ4n) is 1.46. The van der Waals surface area contributed by atoms with Crippen LogP contribution in [0.5, 0.6) is 5.75 Å². The van der Waals surface area contributed by atoms with Gasteiger partial charge in [0, 0.05) is 6.20 Å². The largest absolute Gasteiger partial charge is 0.484 e. The monoisotopic (exact) mass is 243 g/mol. The van der Waals surface area contributed by atoms with Gasteiger partial charge in [-0.15, -0.1) is 0 Å². The molecule has 0 bridgehead atoms. The molecule has 5 heteroatoms. The van der Waals surface area contributed by atoms with E-state index in [1.54, 1.807) is 18.2 Å². The second-order valence-electron chi connectivity index (χ2n) is 3.61. The quantitative estimate of drug-likeness (QED) is 0.839. The Bertz CT molecular complexity index is 587. The van der Waals surface area contributed by atoms with Crippen LogP contribution in [0, 0.1) is 17.1 Å². The normalized spacial score (nSPS) is 9.78. The van der Waals surface area contributed by atoms with E-state index in [0.29, 0.717) is 0 Å². The van der Waals surface area contributed by atoms with Crippen LogP contribution in [-0.2, 0) is 6.61 Å². The average molecular weight is 243 g/mol. The molecule has 0 fully saturated rings. The van der Waals surface area contributed by atoms with E-state index in [9.17, 15) is 4.39 Å². The number of para-hydroxylation sites is 1. The van der Waals surface area contributed by atoms with Crippen LogP contribution in [0.25, 0.3) is 0 Å². The molecule has 0 saturated carbocycles. The van der Waals surface area contributed by atoms with Gasteiger partial charge in [0.2, 0.25) is 0 Å². The van der Waals surface area contributed by atoms with Crippen molar-refractivity contribution in [2.45, 2.75) is 6.61 Å². The second-order valence-corrected chi connectivity index (χ2v) is 3.61. The van der Waals surface area contributed by atoms with Crippen molar-refractivity contribution in [2.24, 2.45) is 0 Å². The molecule has 0 spiro atoms. The van der Waals surface area contributed by atoms with E-state index in [1.165, 1.54) is 18.3 Å². The van der Waals surface area contributed by atoms with E-state index < -0.39 is 5.82 Å². The van der Waals surface area contributed by atoms with Crippen molar-refractivity contribution in [1.29, 1.82) is 5.26 Å². The highest BCUT2D eigenvalue weighted by molar-refractivity contribution is 5.52. The third-order valence-corrected chi connectivity index (χ3v) is 2.32. The van der Waals surface area contributed by atoms with E-state index in [2.05, 4.69) is 4.98 Å². The molecule has 0 saturated heterocycles. The first-order valence-electron chi connectivity index (χ1n) is 5.22. The third-order valence-electron chi connectivity index (χ3n) is 2.32. The lowest BCUT2D eigenvalue weighted by atomic mass is 10.2. The van der Waals surface area contributed by atoms with Crippen LogP contribution < -0.4 is 10.5 Å². The predicted molar refractivity (Wildman–Crippen MR) is 64.1 cm³/mol. The minimum absolute atomic E-state index is 0.0211. The molecule has 1 aromatic carbocycles. The summed E-state index contributed by atoms with van der Waals surface area (Å²) in [5, 5.41) is 8.70. The lowest BCUT2D eigenvalue weighted by molar-refractivity contribution is 0.292. The summed E-state index contributed by atoms with van der Waals surface area (Å²) in [7, 11) is 0. The first kappa shape index (κ1) is 11.9. The van der Waals surface area contributed by atoms with Crippen molar-refractivity contribution in [3.8, 4) is 11.8 Å². The predicted octanol–water partition coefficient (Wildman–Crippen LogP) is 2.25. The molecule has 0 aliphatic heterocycles. The maximum Gasteiger partial charge on any atom is 0.178 e. The lowest BCUT2D eigenvalue weighted by Gasteiger charge is -2.09. The third kappa shape index (κ3) is 2.55. The van der Waals surface area contributed by atoms with Gasteiger partial charge >= 0.3 is 0 Å². The Kier molecular flexibility index (Phi) is 3.39. The van der Waals surface area contributed by atoms with Crippen molar-refractivity contribution < 1.29 is 9.13 Å². The molecule has 0 radical (unpaired) electrons. The highest BCUT2D eigenvalue weighted by atomic mass is 19.1. The van der Waals surface area contributed by atoms with Gasteiger partial charge in [-0.2, -0.15) is 5.26 Å². The molecule has 0 aliphatic carbocycles. The van der Waals surface area contributed by atoms with Crippen LogP contribution >= 0.6 is 0 Å². The molecular weight excluding hydrogens is 233 g/mol. The lowest BCUT2D eigenvalue weighted by Crippen LogP contribution is -2.01. The summed E-state index contributed by atoms with van der Waals surface area (Å²) < 4.78 is 18.7. The number of nitrogen functional groups attached to an aromatic ring is 1. The number of benzene rings is 1.